The van der Waals surface area contributed by atoms with Crippen LogP contribution in [0.1, 0.15) is 151 Å². The number of unbranched alkanes of at least 4 members (excludes halogenated alkanes) is 12. The summed E-state index contributed by atoms with van der Waals surface area (Å²) in [5, 5.41) is 0. The Morgan fingerprint density at radius 2 is 0.853 bits per heavy atom. The number of fused-ring (bicyclic) bond motifs is 2. The molecule has 2 heterocycles. The number of nitrogens with one attached hydrogen (secondary N) is 2. The number of nitrogens with two attached hydrogens (primary N) is 1. The van der Waals surface area contributed by atoms with Crippen LogP contribution in [0.2, 0.25) is 0 Å². The lowest BCUT2D eigenvalue weighted by Gasteiger charge is -2.43. The Hall–Kier alpha value is -4.65. The van der Waals surface area contributed by atoms with Crippen molar-refractivity contribution in [3.8, 4) is 34.5 Å². The zero-order chi connectivity index (χ0) is 53.8. The number of hydrogen-bond donors (Lipinski definition) is 3. The molecule has 4 aromatic rings. The van der Waals surface area contributed by atoms with E-state index in [-0.39, 0.29) is 38.0 Å². The summed E-state index contributed by atoms with van der Waals surface area (Å²) in [6, 6.07) is 29.0. The van der Waals surface area contributed by atoms with Gasteiger partial charge in [0.25, 0.3) is 10.2 Å². The molecule has 0 radical (unpaired) electrons. The summed E-state index contributed by atoms with van der Waals surface area (Å²) in [5.74, 6) is 5.54. The van der Waals surface area contributed by atoms with Crippen LogP contribution in [0.4, 0.5) is 0 Å². The van der Waals surface area contributed by atoms with Gasteiger partial charge in [-0.2, -0.15) is 8.42 Å². The first kappa shape index (κ1) is 61.2. The first-order valence-electron chi connectivity index (χ1n) is 27.0. The highest BCUT2D eigenvalue weighted by molar-refractivity contribution is 7.87. The molecule has 16 heteroatoms. The molecule has 0 aliphatic carbocycles. The van der Waals surface area contributed by atoms with Gasteiger partial charge in [-0.05, 0) is 90.9 Å². The van der Waals surface area contributed by atoms with Gasteiger partial charge >= 0.3 is 0 Å². The van der Waals surface area contributed by atoms with Gasteiger partial charge in [0.2, 0.25) is 0 Å². The van der Waals surface area contributed by atoms with E-state index in [1.807, 2.05) is 48.5 Å². The zero-order valence-corrected chi connectivity index (χ0v) is 46.9. The number of benzene rings is 4. The van der Waals surface area contributed by atoms with Crippen LogP contribution in [-0.4, -0.2) is 97.4 Å². The second kappa shape index (κ2) is 32.8. The Balaban J connectivity index is 0.000000280. The Labute approximate surface area is 449 Å². The van der Waals surface area contributed by atoms with Crippen molar-refractivity contribution in [1.29, 1.82) is 0 Å². The molecular formula is C59H89N3O12S. The molecule has 2 aliphatic heterocycles. The van der Waals surface area contributed by atoms with Crippen molar-refractivity contribution in [3.05, 3.63) is 107 Å². The quantitative estimate of drug-likeness (QED) is 0.0293. The summed E-state index contributed by atoms with van der Waals surface area (Å²) in [5.41, 5.74) is 10.2. The van der Waals surface area contributed by atoms with Crippen LogP contribution in [0.5, 0.6) is 34.5 Å². The van der Waals surface area contributed by atoms with Crippen molar-refractivity contribution in [2.45, 2.75) is 139 Å². The molecule has 0 aromatic heterocycles. The minimum Gasteiger partial charge on any atom is -0.492 e. The third-order valence-electron chi connectivity index (χ3n) is 14.6. The van der Waals surface area contributed by atoms with Crippen LogP contribution < -0.4 is 43.6 Å². The molecule has 4 unspecified atom stereocenters. The maximum atomic E-state index is 11.4. The highest BCUT2D eigenvalue weighted by Crippen LogP contribution is 2.51. The molecule has 0 spiro atoms. The topological polar surface area (TPSA) is 177 Å². The maximum absolute atomic E-state index is 11.4. The standard InChI is InChI=1S/C30H46N2O7S.C29H43NO5/c1-30(24-13-15-25(16-14-24)38-22-35-3)21-37-29-20-26(39-23-36-4)17-18-27(29)28(30)12-10-8-6-5-7-9-11-19-32-40(33,34)31-2;1-29(23-12-14-24(15-13-23)34-21-31-2)20-33-28-19-25(35-22-32-3)16-17-26(28)27(29)11-9-7-5-4-6-8-10-18-30/h13-18,20,28,31-32H,5-12,19,21-23H2,1-4H3;12-17,19,27H,4-11,18,20-22,30H2,1-3H3. The Kier molecular flexibility index (Phi) is 26.8. The molecule has 6 rings (SSSR count). The Bertz CT molecular complexity index is 2320. The van der Waals surface area contributed by atoms with Gasteiger partial charge in [-0.3, -0.25) is 0 Å². The molecule has 0 bridgehead atoms. The molecule has 0 amide bonds. The molecule has 4 atom stereocenters. The molecule has 75 heavy (non-hydrogen) atoms. The fraction of sp³-hybridized carbons (Fsp3) is 0.593. The van der Waals surface area contributed by atoms with Crippen molar-refractivity contribution >= 4 is 10.2 Å². The van der Waals surface area contributed by atoms with Crippen LogP contribution in [0.3, 0.4) is 0 Å². The van der Waals surface area contributed by atoms with Crippen LogP contribution in [0, 0.1) is 0 Å². The van der Waals surface area contributed by atoms with Crippen molar-refractivity contribution in [2.24, 2.45) is 5.73 Å². The van der Waals surface area contributed by atoms with Crippen molar-refractivity contribution in [1.82, 2.24) is 9.44 Å². The van der Waals surface area contributed by atoms with Gasteiger partial charge in [0.1, 0.15) is 34.5 Å². The van der Waals surface area contributed by atoms with Crippen LogP contribution in [-0.2, 0) is 40.0 Å². The van der Waals surface area contributed by atoms with Crippen LogP contribution >= 0.6 is 0 Å². The van der Waals surface area contributed by atoms with E-state index in [1.165, 1.54) is 74.2 Å². The average molecular weight is 1060 g/mol. The summed E-state index contributed by atoms with van der Waals surface area (Å²) < 4.78 is 83.0. The predicted octanol–water partition coefficient (Wildman–Crippen LogP) is 11.4. The Morgan fingerprint density at radius 1 is 0.507 bits per heavy atom. The van der Waals surface area contributed by atoms with E-state index in [4.69, 9.17) is 53.1 Å². The average Bonchev–Trinajstić information content (AvgIpc) is 3.44. The summed E-state index contributed by atoms with van der Waals surface area (Å²) in [6.45, 7) is 7.99. The fourth-order valence-corrected chi connectivity index (χ4v) is 10.8. The van der Waals surface area contributed by atoms with E-state index in [2.05, 4.69) is 59.7 Å². The lowest BCUT2D eigenvalue weighted by atomic mass is 9.66. The lowest BCUT2D eigenvalue weighted by molar-refractivity contribution is 0.0504. The van der Waals surface area contributed by atoms with Gasteiger partial charge in [-0.15, -0.1) is 0 Å². The summed E-state index contributed by atoms with van der Waals surface area (Å²) in [6.07, 6.45) is 18.5. The highest BCUT2D eigenvalue weighted by Gasteiger charge is 2.43. The van der Waals surface area contributed by atoms with Gasteiger partial charge in [0.05, 0.1) is 13.2 Å². The number of ether oxygens (including phenoxy) is 10. The van der Waals surface area contributed by atoms with E-state index < -0.39 is 10.2 Å². The van der Waals surface area contributed by atoms with Crippen LogP contribution in [0.15, 0.2) is 84.9 Å². The zero-order valence-electron chi connectivity index (χ0n) is 46.1. The normalized spacial score (nSPS) is 18.9. The Morgan fingerprint density at radius 3 is 1.23 bits per heavy atom. The third kappa shape index (κ3) is 19.1. The largest absolute Gasteiger partial charge is 0.492 e. The lowest BCUT2D eigenvalue weighted by Crippen LogP contribution is -2.40. The van der Waals surface area contributed by atoms with Gasteiger partial charge in [-0.25, -0.2) is 9.44 Å². The molecular weight excluding hydrogens is 975 g/mol. The molecule has 15 nitrogen and oxygen atoms in total. The van der Waals surface area contributed by atoms with E-state index in [1.54, 1.807) is 28.4 Å². The van der Waals surface area contributed by atoms with Crippen LogP contribution in [0.25, 0.3) is 0 Å². The van der Waals surface area contributed by atoms with Gasteiger partial charge in [0.15, 0.2) is 27.2 Å². The monoisotopic (exact) mass is 1060 g/mol. The maximum Gasteiger partial charge on any atom is 0.276 e. The predicted molar refractivity (Wildman–Crippen MR) is 296 cm³/mol. The molecule has 0 saturated heterocycles. The smallest absolute Gasteiger partial charge is 0.276 e. The van der Waals surface area contributed by atoms with E-state index >= 15 is 0 Å². The SMILES string of the molecule is CNS(=O)(=O)NCCCCCCCCCC1c2ccc(OCOC)cc2OCC1(C)c1ccc(OCOC)cc1.COCOc1ccc(C2(C)COc3cc(OCOC)ccc3C2CCCCCCCCCN)cc1. The van der Waals surface area contributed by atoms with E-state index in [9.17, 15) is 8.42 Å². The molecule has 418 valence electrons. The highest BCUT2D eigenvalue weighted by atomic mass is 32.2. The number of hydrogen-bond acceptors (Lipinski definition) is 13. The minimum atomic E-state index is -3.33. The van der Waals surface area contributed by atoms with Gasteiger partial charge < -0.3 is 53.1 Å². The number of rotatable bonds is 35. The van der Waals surface area contributed by atoms with E-state index in [0.717, 1.165) is 98.8 Å². The molecule has 4 aromatic carbocycles. The molecule has 4 N–H and O–H groups in total. The summed E-state index contributed by atoms with van der Waals surface area (Å²) in [4.78, 5) is 0. The van der Waals surface area contributed by atoms with E-state index in [0.29, 0.717) is 31.6 Å². The summed E-state index contributed by atoms with van der Waals surface area (Å²) >= 11 is 0. The van der Waals surface area contributed by atoms with Crippen molar-refractivity contribution in [3.63, 3.8) is 0 Å². The van der Waals surface area contributed by atoms with Crippen molar-refractivity contribution < 1.29 is 55.8 Å². The fourth-order valence-electron chi connectivity index (χ4n) is 10.3. The second-order valence-corrected chi connectivity index (χ2v) is 21.8. The first-order chi connectivity index (χ1) is 36.4. The molecule has 2 aliphatic rings. The molecule has 0 saturated carbocycles. The minimum absolute atomic E-state index is 0.136. The summed E-state index contributed by atoms with van der Waals surface area (Å²) in [7, 11) is 4.55. The van der Waals surface area contributed by atoms with Gasteiger partial charge in [0, 0.05) is 76.8 Å². The third-order valence-corrected chi connectivity index (χ3v) is 15.8. The van der Waals surface area contributed by atoms with Gasteiger partial charge in [-0.1, -0.05) is 127 Å². The van der Waals surface area contributed by atoms with Crippen molar-refractivity contribution in [2.75, 3.05) is 89.0 Å². The number of methoxy groups -OCH3 is 4. The second-order valence-electron chi connectivity index (χ2n) is 20.1. The molecule has 0 fully saturated rings. The first-order valence-corrected chi connectivity index (χ1v) is 28.5.